The Hall–Kier alpha value is -1.10. The van der Waals surface area contributed by atoms with Crippen molar-refractivity contribution >= 4 is 11.9 Å². The lowest BCUT2D eigenvalue weighted by molar-refractivity contribution is -0.192. The van der Waals surface area contributed by atoms with E-state index in [9.17, 15) is 19.8 Å². The van der Waals surface area contributed by atoms with Crippen LogP contribution in [0, 0.1) is 22.7 Å². The Bertz CT molecular complexity index is 485. The van der Waals surface area contributed by atoms with Crippen LogP contribution < -0.4 is 0 Å². The molecule has 3 fully saturated rings. The highest BCUT2D eigenvalue weighted by atomic mass is 16.6. The van der Waals surface area contributed by atoms with Gasteiger partial charge in [0.2, 0.25) is 0 Å². The minimum absolute atomic E-state index is 0.0374. The summed E-state index contributed by atoms with van der Waals surface area (Å²) in [7, 11) is 0. The van der Waals surface area contributed by atoms with Gasteiger partial charge in [-0.05, 0) is 43.9 Å². The summed E-state index contributed by atoms with van der Waals surface area (Å²) in [5.41, 5.74) is -1.77. The lowest BCUT2D eigenvalue weighted by Gasteiger charge is -2.59. The quantitative estimate of drug-likeness (QED) is 0.761. The molecule has 0 radical (unpaired) electrons. The molecule has 1 aliphatic heterocycles. The molecule has 3 aliphatic rings. The van der Waals surface area contributed by atoms with Crippen LogP contribution in [0.25, 0.3) is 0 Å². The number of aliphatic hydroxyl groups excluding tert-OH is 1. The Morgan fingerprint density at radius 1 is 1.29 bits per heavy atom. The molecule has 3 rings (SSSR count). The Labute approximate surface area is 124 Å². The molecular weight excluding hydrogens is 272 g/mol. The van der Waals surface area contributed by atoms with E-state index in [1.807, 2.05) is 6.92 Å². The minimum atomic E-state index is -0.779. The SMILES string of the molecule is CC1(C(=O)O)CCCC2(C)C3CC(=O)OC3(CO)CCC12. The molecule has 5 unspecified atom stereocenters. The van der Waals surface area contributed by atoms with Gasteiger partial charge < -0.3 is 14.9 Å². The normalized spacial score (nSPS) is 49.2. The molecule has 0 spiro atoms. The van der Waals surface area contributed by atoms with Gasteiger partial charge in [-0.2, -0.15) is 0 Å². The number of carbonyl (C=O) groups excluding carboxylic acids is 1. The lowest BCUT2D eigenvalue weighted by Crippen LogP contribution is -2.60. The van der Waals surface area contributed by atoms with Crippen molar-refractivity contribution in [2.75, 3.05) is 6.61 Å². The van der Waals surface area contributed by atoms with Crippen molar-refractivity contribution < 1.29 is 24.5 Å². The van der Waals surface area contributed by atoms with Crippen LogP contribution in [0.5, 0.6) is 0 Å². The van der Waals surface area contributed by atoms with Gasteiger partial charge in [0.15, 0.2) is 0 Å². The van der Waals surface area contributed by atoms with Crippen molar-refractivity contribution in [3.63, 3.8) is 0 Å². The van der Waals surface area contributed by atoms with Gasteiger partial charge in [-0.15, -0.1) is 0 Å². The molecule has 1 saturated heterocycles. The topological polar surface area (TPSA) is 83.8 Å². The zero-order valence-corrected chi connectivity index (χ0v) is 12.7. The van der Waals surface area contributed by atoms with E-state index in [1.54, 1.807) is 0 Å². The van der Waals surface area contributed by atoms with Crippen molar-refractivity contribution in [1.29, 1.82) is 0 Å². The Morgan fingerprint density at radius 2 is 2.00 bits per heavy atom. The maximum Gasteiger partial charge on any atom is 0.309 e. The first-order valence-electron chi connectivity index (χ1n) is 7.85. The van der Waals surface area contributed by atoms with E-state index >= 15 is 0 Å². The van der Waals surface area contributed by atoms with E-state index in [-0.39, 0.29) is 29.8 Å². The van der Waals surface area contributed by atoms with Crippen LogP contribution in [-0.4, -0.2) is 34.4 Å². The second-order valence-electron chi connectivity index (χ2n) is 7.63. The second kappa shape index (κ2) is 4.45. The average Bonchev–Trinajstić information content (AvgIpc) is 2.77. The molecule has 5 nitrogen and oxygen atoms in total. The molecule has 0 amide bonds. The number of ether oxygens (including phenoxy) is 1. The molecular formula is C16H24O5. The monoisotopic (exact) mass is 296 g/mol. The van der Waals surface area contributed by atoms with Crippen molar-refractivity contribution in [3.8, 4) is 0 Å². The summed E-state index contributed by atoms with van der Waals surface area (Å²) in [5.74, 6) is -1.02. The molecule has 0 bridgehead atoms. The number of hydrogen-bond donors (Lipinski definition) is 2. The van der Waals surface area contributed by atoms with Crippen LogP contribution in [-0.2, 0) is 14.3 Å². The van der Waals surface area contributed by atoms with Gasteiger partial charge >= 0.3 is 11.9 Å². The van der Waals surface area contributed by atoms with Crippen molar-refractivity contribution in [2.45, 2.75) is 58.0 Å². The predicted molar refractivity (Wildman–Crippen MR) is 74.4 cm³/mol. The number of esters is 1. The van der Waals surface area contributed by atoms with Gasteiger partial charge in [-0.1, -0.05) is 13.3 Å². The van der Waals surface area contributed by atoms with E-state index in [4.69, 9.17) is 4.74 Å². The summed E-state index contributed by atoms with van der Waals surface area (Å²) >= 11 is 0. The number of carboxylic acid groups (broad SMARTS) is 1. The highest BCUT2D eigenvalue weighted by Gasteiger charge is 2.66. The fourth-order valence-electron chi connectivity index (χ4n) is 5.60. The summed E-state index contributed by atoms with van der Waals surface area (Å²) in [5, 5.41) is 19.5. The molecule has 0 aromatic heterocycles. The van der Waals surface area contributed by atoms with Gasteiger partial charge in [-0.25, -0.2) is 0 Å². The summed E-state index contributed by atoms with van der Waals surface area (Å²) in [6, 6.07) is 0. The van der Waals surface area contributed by atoms with Crippen molar-refractivity contribution in [2.24, 2.45) is 22.7 Å². The number of fused-ring (bicyclic) bond motifs is 3. The third-order valence-electron chi connectivity index (χ3n) is 6.71. The summed E-state index contributed by atoms with van der Waals surface area (Å²) in [4.78, 5) is 23.7. The van der Waals surface area contributed by atoms with Gasteiger partial charge in [0.05, 0.1) is 18.4 Å². The molecule has 21 heavy (non-hydrogen) atoms. The number of rotatable bonds is 2. The Balaban J connectivity index is 2.03. The zero-order chi connectivity index (χ0) is 15.5. The fourth-order valence-corrected chi connectivity index (χ4v) is 5.60. The fraction of sp³-hybridized carbons (Fsp3) is 0.875. The van der Waals surface area contributed by atoms with E-state index in [2.05, 4.69) is 6.92 Å². The van der Waals surface area contributed by atoms with Gasteiger partial charge in [0.1, 0.15) is 5.60 Å². The zero-order valence-electron chi connectivity index (χ0n) is 12.7. The molecule has 2 aliphatic carbocycles. The number of carbonyl (C=O) groups is 2. The first kappa shape index (κ1) is 14.8. The average molecular weight is 296 g/mol. The van der Waals surface area contributed by atoms with Gasteiger partial charge in [0, 0.05) is 5.92 Å². The third-order valence-corrected chi connectivity index (χ3v) is 6.71. The standard InChI is InChI=1S/C16H24O5/c1-14-5-3-6-15(2,13(19)20)10(14)4-7-16(9-17)11(14)8-12(18)21-16/h10-11,17H,3-9H2,1-2H3,(H,19,20). The first-order valence-corrected chi connectivity index (χ1v) is 7.85. The predicted octanol–water partition coefficient (Wildman–Crippen LogP) is 1.97. The number of hydrogen-bond acceptors (Lipinski definition) is 4. The molecule has 0 aromatic rings. The molecule has 5 atom stereocenters. The molecule has 5 heteroatoms. The number of aliphatic carboxylic acids is 1. The highest BCUT2D eigenvalue weighted by molar-refractivity contribution is 5.76. The maximum atomic E-state index is 11.8. The van der Waals surface area contributed by atoms with Crippen molar-refractivity contribution in [1.82, 2.24) is 0 Å². The number of carboxylic acids is 1. The summed E-state index contributed by atoms with van der Waals surface area (Å²) in [6.45, 7) is 3.80. The van der Waals surface area contributed by atoms with Gasteiger partial charge in [0.25, 0.3) is 0 Å². The molecule has 0 aromatic carbocycles. The van der Waals surface area contributed by atoms with E-state index < -0.39 is 17.0 Å². The van der Waals surface area contributed by atoms with E-state index in [1.165, 1.54) is 0 Å². The van der Waals surface area contributed by atoms with Crippen LogP contribution in [0.3, 0.4) is 0 Å². The summed E-state index contributed by atoms with van der Waals surface area (Å²) < 4.78 is 5.51. The first-order chi connectivity index (χ1) is 9.78. The highest BCUT2D eigenvalue weighted by Crippen LogP contribution is 2.65. The van der Waals surface area contributed by atoms with Crippen molar-refractivity contribution in [3.05, 3.63) is 0 Å². The van der Waals surface area contributed by atoms with E-state index in [0.717, 1.165) is 12.8 Å². The lowest BCUT2D eigenvalue weighted by atomic mass is 9.45. The van der Waals surface area contributed by atoms with Crippen LogP contribution in [0.4, 0.5) is 0 Å². The molecule has 118 valence electrons. The van der Waals surface area contributed by atoms with Crippen LogP contribution in [0.1, 0.15) is 52.4 Å². The minimum Gasteiger partial charge on any atom is -0.481 e. The van der Waals surface area contributed by atoms with Gasteiger partial charge in [-0.3, -0.25) is 9.59 Å². The largest absolute Gasteiger partial charge is 0.481 e. The molecule has 2 N–H and O–H groups in total. The maximum absolute atomic E-state index is 11.8. The summed E-state index contributed by atoms with van der Waals surface area (Å²) in [6.07, 6.45) is 4.03. The van der Waals surface area contributed by atoms with Crippen LogP contribution in [0.15, 0.2) is 0 Å². The third kappa shape index (κ3) is 1.79. The Kier molecular flexibility index (Phi) is 3.14. The molecule has 1 heterocycles. The number of aliphatic hydroxyl groups is 1. The van der Waals surface area contributed by atoms with Crippen LogP contribution >= 0.6 is 0 Å². The van der Waals surface area contributed by atoms with E-state index in [0.29, 0.717) is 25.7 Å². The smallest absolute Gasteiger partial charge is 0.309 e. The molecule has 2 saturated carbocycles. The Morgan fingerprint density at radius 3 is 2.62 bits per heavy atom. The van der Waals surface area contributed by atoms with Crippen LogP contribution in [0.2, 0.25) is 0 Å². The second-order valence-corrected chi connectivity index (χ2v) is 7.63.